The molecule has 4 N–H and O–H groups in total. The van der Waals surface area contributed by atoms with Crippen molar-refractivity contribution in [3.05, 3.63) is 0 Å². The van der Waals surface area contributed by atoms with Gasteiger partial charge in [0.05, 0.1) is 6.61 Å². The predicted molar refractivity (Wildman–Crippen MR) is 36.9 cm³/mol. The van der Waals surface area contributed by atoms with Gasteiger partial charge in [-0.25, -0.2) is 9.36 Å². The molecule has 2 atom stereocenters. The van der Waals surface area contributed by atoms with Crippen LogP contribution >= 0.6 is 7.60 Å². The molecule has 11 heavy (non-hydrogen) atoms. The van der Waals surface area contributed by atoms with E-state index in [1.807, 2.05) is 0 Å². The van der Waals surface area contributed by atoms with Crippen molar-refractivity contribution in [2.24, 2.45) is 5.73 Å². The second-order valence-electron chi connectivity index (χ2n) is 2.00. The molecule has 0 saturated heterocycles. The van der Waals surface area contributed by atoms with Crippen LogP contribution in [0, 0.1) is 0 Å². The fourth-order valence-corrected chi connectivity index (χ4v) is 0.778. The number of carbonyl (C=O) groups is 1. The van der Waals surface area contributed by atoms with Crippen LogP contribution in [0.1, 0.15) is 0 Å². The van der Waals surface area contributed by atoms with Crippen LogP contribution in [0.25, 0.3) is 0 Å². The Hall–Kier alpha value is -0.420. The summed E-state index contributed by atoms with van der Waals surface area (Å²) in [6, 6.07) is -1.25. The van der Waals surface area contributed by atoms with Crippen molar-refractivity contribution in [1.29, 1.82) is 0 Å². The molecule has 6 nitrogen and oxygen atoms in total. The van der Waals surface area contributed by atoms with E-state index in [1.165, 1.54) is 0 Å². The smallest absolute Gasteiger partial charge is 0.375 e. The molecule has 0 aliphatic rings. The summed E-state index contributed by atoms with van der Waals surface area (Å²) in [5.74, 6) is -1.08. The number of rotatable bonds is 3. The first-order valence-corrected chi connectivity index (χ1v) is 4.79. The average molecular weight is 183 g/mol. The van der Waals surface area contributed by atoms with Gasteiger partial charge in [-0.1, -0.05) is 0 Å². The summed E-state index contributed by atoms with van der Waals surface area (Å²) in [5.41, 5.74) is 4.97. The van der Waals surface area contributed by atoms with Gasteiger partial charge in [-0.3, -0.25) is 0 Å². The average Bonchev–Trinajstić information content (AvgIpc) is 1.82. The SMILES string of the molecule is CP(=O)(O)OC(=O)[C@@H](N)CO. The van der Waals surface area contributed by atoms with Crippen molar-refractivity contribution < 1.29 is 23.9 Å². The highest BCUT2D eigenvalue weighted by Crippen LogP contribution is 2.36. The van der Waals surface area contributed by atoms with Gasteiger partial charge in [0.15, 0.2) is 0 Å². The van der Waals surface area contributed by atoms with E-state index in [-0.39, 0.29) is 0 Å². The van der Waals surface area contributed by atoms with Crippen LogP contribution in [0.15, 0.2) is 0 Å². The standard InChI is InChI=1S/C4H10NO5P/c1-11(8,9)10-4(7)3(5)2-6/h3,6H,2,5H2,1H3,(H,8,9)/t3-/m0/s1. The molecule has 0 amide bonds. The second kappa shape index (κ2) is 3.82. The molecular formula is C4H10NO5P. The number of aliphatic hydroxyl groups is 1. The summed E-state index contributed by atoms with van der Waals surface area (Å²) < 4.78 is 14.4. The monoisotopic (exact) mass is 183 g/mol. The molecule has 0 heterocycles. The van der Waals surface area contributed by atoms with Crippen LogP contribution in [0.4, 0.5) is 0 Å². The highest BCUT2D eigenvalue weighted by Gasteiger charge is 2.21. The Bertz CT molecular complexity index is 187. The summed E-state index contributed by atoms with van der Waals surface area (Å²) in [6.07, 6.45) is 0. The quantitative estimate of drug-likeness (QED) is 0.467. The molecule has 0 spiro atoms. The minimum absolute atomic E-state index is 0.612. The Balaban J connectivity index is 3.99. The number of hydrogen-bond donors (Lipinski definition) is 3. The van der Waals surface area contributed by atoms with E-state index in [9.17, 15) is 9.36 Å². The third-order valence-corrected chi connectivity index (χ3v) is 1.28. The lowest BCUT2D eigenvalue weighted by atomic mass is 10.3. The van der Waals surface area contributed by atoms with Crippen molar-refractivity contribution >= 4 is 13.6 Å². The van der Waals surface area contributed by atoms with E-state index in [0.717, 1.165) is 6.66 Å². The highest BCUT2D eigenvalue weighted by atomic mass is 31.2. The summed E-state index contributed by atoms with van der Waals surface area (Å²) in [7, 11) is -3.83. The van der Waals surface area contributed by atoms with Gasteiger partial charge in [0.2, 0.25) is 0 Å². The molecule has 0 aromatic carbocycles. The van der Waals surface area contributed by atoms with Gasteiger partial charge in [-0.2, -0.15) is 0 Å². The fourth-order valence-electron chi connectivity index (χ4n) is 0.309. The Labute approximate surface area is 63.5 Å². The second-order valence-corrected chi connectivity index (χ2v) is 3.79. The third-order valence-electron chi connectivity index (χ3n) is 0.759. The van der Waals surface area contributed by atoms with Crippen molar-refractivity contribution in [3.8, 4) is 0 Å². The first kappa shape index (κ1) is 10.6. The molecule has 0 saturated carbocycles. The van der Waals surface area contributed by atoms with Crippen molar-refractivity contribution in [2.45, 2.75) is 6.04 Å². The van der Waals surface area contributed by atoms with E-state index in [0.29, 0.717) is 0 Å². The zero-order chi connectivity index (χ0) is 9.07. The van der Waals surface area contributed by atoms with Gasteiger partial charge in [-0.15, -0.1) is 0 Å². The summed E-state index contributed by atoms with van der Waals surface area (Å²) in [5, 5.41) is 8.30. The molecule has 0 fully saturated rings. The minimum atomic E-state index is -3.83. The molecule has 0 radical (unpaired) electrons. The number of aliphatic hydroxyl groups excluding tert-OH is 1. The predicted octanol–water partition coefficient (Wildman–Crippen LogP) is -1.34. The highest BCUT2D eigenvalue weighted by molar-refractivity contribution is 7.52. The van der Waals surface area contributed by atoms with E-state index in [2.05, 4.69) is 4.52 Å². The Kier molecular flexibility index (Phi) is 3.68. The van der Waals surface area contributed by atoms with Gasteiger partial charge in [0.1, 0.15) is 6.04 Å². The van der Waals surface area contributed by atoms with E-state index >= 15 is 0 Å². The zero-order valence-electron chi connectivity index (χ0n) is 5.93. The summed E-state index contributed by atoms with van der Waals surface area (Å²) >= 11 is 0. The number of carbonyl (C=O) groups excluding carboxylic acids is 1. The van der Waals surface area contributed by atoms with Crippen LogP contribution in [0.2, 0.25) is 0 Å². The normalized spacial score (nSPS) is 18.5. The minimum Gasteiger partial charge on any atom is -0.394 e. The lowest BCUT2D eigenvalue weighted by Gasteiger charge is -2.09. The van der Waals surface area contributed by atoms with E-state index < -0.39 is 26.2 Å². The molecule has 0 bridgehead atoms. The summed E-state index contributed by atoms with van der Waals surface area (Å²) in [4.78, 5) is 19.1. The topological polar surface area (TPSA) is 110 Å². The largest absolute Gasteiger partial charge is 0.394 e. The van der Waals surface area contributed by atoms with Crippen LogP contribution in [-0.4, -0.2) is 35.3 Å². The Morgan fingerprint density at radius 1 is 1.82 bits per heavy atom. The van der Waals surface area contributed by atoms with Gasteiger partial charge >= 0.3 is 13.6 Å². The van der Waals surface area contributed by atoms with Crippen LogP contribution < -0.4 is 5.73 Å². The third kappa shape index (κ3) is 4.92. The van der Waals surface area contributed by atoms with E-state index in [1.54, 1.807) is 0 Å². The van der Waals surface area contributed by atoms with Crippen LogP contribution in [0.3, 0.4) is 0 Å². The number of hydrogen-bond acceptors (Lipinski definition) is 5. The lowest BCUT2D eigenvalue weighted by Crippen LogP contribution is -2.34. The van der Waals surface area contributed by atoms with Crippen molar-refractivity contribution in [2.75, 3.05) is 13.3 Å². The Morgan fingerprint density at radius 3 is 2.55 bits per heavy atom. The fraction of sp³-hybridized carbons (Fsp3) is 0.750. The summed E-state index contributed by atoms with van der Waals surface area (Å²) in [6.45, 7) is 0.244. The van der Waals surface area contributed by atoms with Gasteiger partial charge in [-0.05, 0) is 0 Å². The molecule has 1 unspecified atom stereocenters. The number of nitrogens with two attached hydrogens (primary N) is 1. The van der Waals surface area contributed by atoms with E-state index in [4.69, 9.17) is 15.7 Å². The van der Waals surface area contributed by atoms with Gasteiger partial charge in [0.25, 0.3) is 0 Å². The molecule has 0 aromatic rings. The lowest BCUT2D eigenvalue weighted by molar-refractivity contribution is -0.137. The molecular weight excluding hydrogens is 173 g/mol. The maximum absolute atomic E-state index is 10.6. The zero-order valence-corrected chi connectivity index (χ0v) is 6.82. The van der Waals surface area contributed by atoms with Crippen LogP contribution in [0.5, 0.6) is 0 Å². The van der Waals surface area contributed by atoms with Gasteiger partial charge < -0.3 is 20.3 Å². The molecule has 66 valence electrons. The van der Waals surface area contributed by atoms with Crippen molar-refractivity contribution in [1.82, 2.24) is 0 Å². The maximum atomic E-state index is 10.6. The first-order valence-electron chi connectivity index (χ1n) is 2.77. The van der Waals surface area contributed by atoms with Gasteiger partial charge in [0, 0.05) is 6.66 Å². The molecule has 0 aromatic heterocycles. The Morgan fingerprint density at radius 2 is 2.27 bits per heavy atom. The molecule has 0 aliphatic heterocycles. The first-order chi connectivity index (χ1) is 4.87. The van der Waals surface area contributed by atoms with Crippen LogP contribution in [-0.2, 0) is 13.9 Å². The molecule has 0 rings (SSSR count). The molecule has 0 aliphatic carbocycles. The molecule has 7 heteroatoms. The maximum Gasteiger partial charge on any atom is 0.375 e. The van der Waals surface area contributed by atoms with Crippen molar-refractivity contribution in [3.63, 3.8) is 0 Å².